The molecule has 0 saturated heterocycles. The maximum Gasteiger partial charge on any atom is 0.375 e. The predicted octanol–water partition coefficient (Wildman–Crippen LogP) is 0.803. The van der Waals surface area contributed by atoms with Gasteiger partial charge in [0.05, 0.1) is 10.5 Å². The number of carbonyl (C=O) groups excluding carboxylic acids is 1. The second-order valence-electron chi connectivity index (χ2n) is 4.86. The first-order valence-electron chi connectivity index (χ1n) is 5.33. The summed E-state index contributed by atoms with van der Waals surface area (Å²) in [5, 5.41) is 4.94. The standard InChI is InChI=1S/C11H16N2O5S/c1-11(2,3)18-17-10(14)8-5-4-7(6-9(8)12)19(13,15)16/h4-6H,12H2,1-3H3,(H2,13,15,16). The third-order valence-corrected chi connectivity index (χ3v) is 2.85. The average Bonchev–Trinajstić information content (AvgIpc) is 2.23. The number of sulfonamides is 1. The van der Waals surface area contributed by atoms with Crippen molar-refractivity contribution in [2.24, 2.45) is 5.14 Å². The third-order valence-electron chi connectivity index (χ3n) is 1.94. The van der Waals surface area contributed by atoms with E-state index in [2.05, 4.69) is 4.89 Å². The molecule has 0 amide bonds. The molecule has 1 aromatic rings. The summed E-state index contributed by atoms with van der Waals surface area (Å²) in [6, 6.07) is 3.46. The van der Waals surface area contributed by atoms with Gasteiger partial charge < -0.3 is 5.73 Å². The van der Waals surface area contributed by atoms with E-state index in [-0.39, 0.29) is 16.1 Å². The van der Waals surface area contributed by atoms with Crippen LogP contribution >= 0.6 is 0 Å². The summed E-state index contributed by atoms with van der Waals surface area (Å²) < 4.78 is 22.2. The summed E-state index contributed by atoms with van der Waals surface area (Å²) in [4.78, 5) is 20.9. The van der Waals surface area contributed by atoms with E-state index in [9.17, 15) is 13.2 Å². The second kappa shape index (κ2) is 5.16. The summed E-state index contributed by atoms with van der Waals surface area (Å²) in [7, 11) is -3.87. The SMILES string of the molecule is CC(C)(C)OOC(=O)c1ccc(S(N)(=O)=O)cc1N. The van der Waals surface area contributed by atoms with Crippen LogP contribution in [0.1, 0.15) is 31.1 Å². The first kappa shape index (κ1) is 15.4. The molecule has 106 valence electrons. The Morgan fingerprint density at radius 1 is 1.26 bits per heavy atom. The van der Waals surface area contributed by atoms with Gasteiger partial charge in [-0.05, 0) is 39.0 Å². The fourth-order valence-corrected chi connectivity index (χ4v) is 1.66. The topological polar surface area (TPSA) is 122 Å². The molecule has 0 saturated carbocycles. The van der Waals surface area contributed by atoms with Gasteiger partial charge in [0, 0.05) is 5.69 Å². The highest BCUT2D eigenvalue weighted by molar-refractivity contribution is 7.89. The van der Waals surface area contributed by atoms with Gasteiger partial charge in [0.15, 0.2) is 0 Å². The molecule has 0 fully saturated rings. The Morgan fingerprint density at radius 3 is 2.26 bits per heavy atom. The highest BCUT2D eigenvalue weighted by atomic mass is 32.2. The Hall–Kier alpha value is -1.64. The van der Waals surface area contributed by atoms with Crippen LogP contribution in [-0.2, 0) is 19.8 Å². The van der Waals surface area contributed by atoms with Crippen LogP contribution in [0.4, 0.5) is 5.69 Å². The molecule has 19 heavy (non-hydrogen) atoms. The molecule has 0 aliphatic heterocycles. The number of carbonyl (C=O) groups is 1. The van der Waals surface area contributed by atoms with E-state index in [1.54, 1.807) is 20.8 Å². The summed E-state index contributed by atoms with van der Waals surface area (Å²) in [5.41, 5.74) is 4.86. The largest absolute Gasteiger partial charge is 0.398 e. The lowest BCUT2D eigenvalue weighted by Crippen LogP contribution is -2.22. The summed E-state index contributed by atoms with van der Waals surface area (Å²) in [6.07, 6.45) is 0. The number of hydrogen-bond donors (Lipinski definition) is 2. The zero-order chi connectivity index (χ0) is 14.8. The van der Waals surface area contributed by atoms with Crippen LogP contribution in [-0.4, -0.2) is 20.0 Å². The quantitative estimate of drug-likeness (QED) is 0.482. The maximum absolute atomic E-state index is 11.7. The zero-order valence-electron chi connectivity index (χ0n) is 10.8. The highest BCUT2D eigenvalue weighted by Gasteiger charge is 2.19. The number of hydrogen-bond acceptors (Lipinski definition) is 6. The van der Waals surface area contributed by atoms with Crippen LogP contribution in [0.2, 0.25) is 0 Å². The number of primary sulfonamides is 1. The Labute approximate surface area is 111 Å². The lowest BCUT2D eigenvalue weighted by atomic mass is 10.2. The van der Waals surface area contributed by atoms with Crippen molar-refractivity contribution in [2.45, 2.75) is 31.3 Å². The molecule has 0 spiro atoms. The van der Waals surface area contributed by atoms with Crippen LogP contribution < -0.4 is 10.9 Å². The van der Waals surface area contributed by atoms with Crippen molar-refractivity contribution < 1.29 is 23.0 Å². The monoisotopic (exact) mass is 288 g/mol. The van der Waals surface area contributed by atoms with E-state index in [0.717, 1.165) is 6.07 Å². The Morgan fingerprint density at radius 2 is 1.84 bits per heavy atom. The van der Waals surface area contributed by atoms with Gasteiger partial charge in [-0.3, -0.25) is 4.89 Å². The van der Waals surface area contributed by atoms with E-state index in [1.165, 1.54) is 12.1 Å². The Bertz CT molecular complexity index is 590. The second-order valence-corrected chi connectivity index (χ2v) is 6.42. The molecule has 0 heterocycles. The number of anilines is 1. The van der Waals surface area contributed by atoms with E-state index < -0.39 is 21.6 Å². The minimum atomic E-state index is -3.87. The number of nitrogens with two attached hydrogens (primary N) is 2. The Kier molecular flexibility index (Phi) is 4.18. The van der Waals surface area contributed by atoms with Gasteiger partial charge in [-0.2, -0.15) is 4.89 Å². The highest BCUT2D eigenvalue weighted by Crippen LogP contribution is 2.19. The lowest BCUT2D eigenvalue weighted by molar-refractivity contribution is -0.301. The minimum Gasteiger partial charge on any atom is -0.398 e. The van der Waals surface area contributed by atoms with E-state index in [0.29, 0.717) is 0 Å². The van der Waals surface area contributed by atoms with Crippen LogP contribution in [0.15, 0.2) is 23.1 Å². The molecule has 0 aliphatic rings. The maximum atomic E-state index is 11.7. The predicted molar refractivity (Wildman–Crippen MR) is 68.5 cm³/mol. The van der Waals surface area contributed by atoms with Crippen LogP contribution in [0.3, 0.4) is 0 Å². The molecule has 7 nitrogen and oxygen atoms in total. The molecular weight excluding hydrogens is 272 g/mol. The molecule has 0 aliphatic carbocycles. The van der Waals surface area contributed by atoms with Gasteiger partial charge in [0.2, 0.25) is 10.0 Å². The smallest absolute Gasteiger partial charge is 0.375 e. The molecule has 0 aromatic heterocycles. The number of rotatable bonds is 3. The van der Waals surface area contributed by atoms with E-state index in [1.807, 2.05) is 0 Å². The van der Waals surface area contributed by atoms with Crippen LogP contribution in [0.5, 0.6) is 0 Å². The van der Waals surface area contributed by atoms with Crippen LogP contribution in [0.25, 0.3) is 0 Å². The molecule has 1 aromatic carbocycles. The molecule has 8 heteroatoms. The Balaban J connectivity index is 2.95. The van der Waals surface area contributed by atoms with Crippen molar-refractivity contribution in [3.63, 3.8) is 0 Å². The van der Waals surface area contributed by atoms with Crippen molar-refractivity contribution >= 4 is 21.7 Å². The normalized spacial score (nSPS) is 12.2. The summed E-state index contributed by atoms with van der Waals surface area (Å²) >= 11 is 0. The fourth-order valence-electron chi connectivity index (χ4n) is 1.11. The van der Waals surface area contributed by atoms with Gasteiger partial charge in [0.1, 0.15) is 5.60 Å². The van der Waals surface area contributed by atoms with Crippen molar-refractivity contribution in [1.82, 2.24) is 0 Å². The van der Waals surface area contributed by atoms with Crippen molar-refractivity contribution in [1.29, 1.82) is 0 Å². The molecule has 0 atom stereocenters. The molecule has 0 unspecified atom stereocenters. The molecule has 1 rings (SSSR count). The van der Waals surface area contributed by atoms with Gasteiger partial charge in [-0.15, -0.1) is 0 Å². The minimum absolute atomic E-state index is 0.00310. The molecular formula is C11H16N2O5S. The van der Waals surface area contributed by atoms with Gasteiger partial charge >= 0.3 is 5.97 Å². The van der Waals surface area contributed by atoms with Crippen LogP contribution in [0, 0.1) is 0 Å². The van der Waals surface area contributed by atoms with Crippen molar-refractivity contribution in [2.75, 3.05) is 5.73 Å². The average molecular weight is 288 g/mol. The van der Waals surface area contributed by atoms with Gasteiger partial charge in [-0.1, -0.05) is 0 Å². The summed E-state index contributed by atoms with van der Waals surface area (Å²) in [6.45, 7) is 5.11. The third kappa shape index (κ3) is 4.51. The lowest BCUT2D eigenvalue weighted by Gasteiger charge is -2.17. The van der Waals surface area contributed by atoms with Gasteiger partial charge in [0.25, 0.3) is 0 Å². The van der Waals surface area contributed by atoms with E-state index in [4.69, 9.17) is 15.8 Å². The zero-order valence-corrected chi connectivity index (χ0v) is 11.7. The summed E-state index contributed by atoms with van der Waals surface area (Å²) in [5.74, 6) is -0.812. The number of benzene rings is 1. The molecule has 4 N–H and O–H groups in total. The van der Waals surface area contributed by atoms with Gasteiger partial charge in [-0.25, -0.2) is 18.4 Å². The fraction of sp³-hybridized carbons (Fsp3) is 0.364. The van der Waals surface area contributed by atoms with Crippen molar-refractivity contribution in [3.8, 4) is 0 Å². The first-order chi connectivity index (χ1) is 8.50. The number of nitrogen functional groups attached to an aromatic ring is 1. The first-order valence-corrected chi connectivity index (χ1v) is 6.88. The van der Waals surface area contributed by atoms with Crippen molar-refractivity contribution in [3.05, 3.63) is 23.8 Å². The molecule has 0 bridgehead atoms. The molecule has 0 radical (unpaired) electrons. The van der Waals surface area contributed by atoms with E-state index >= 15 is 0 Å².